The number of hydrogen-bond donors (Lipinski definition) is 4. The number of amides is 2. The minimum atomic E-state index is -0.310. The zero-order valence-electron chi connectivity index (χ0n) is 16.3. The van der Waals surface area contributed by atoms with Crippen LogP contribution < -0.4 is 26.6 Å². The number of nitrogens with one attached hydrogen (secondary N) is 4. The summed E-state index contributed by atoms with van der Waals surface area (Å²) in [6.07, 6.45) is 4.20. The lowest BCUT2D eigenvalue weighted by Gasteiger charge is -2.16. The van der Waals surface area contributed by atoms with E-state index in [-0.39, 0.29) is 6.03 Å². The minimum absolute atomic E-state index is 0.310. The summed E-state index contributed by atoms with van der Waals surface area (Å²) in [6.45, 7) is 6.30. The summed E-state index contributed by atoms with van der Waals surface area (Å²) in [5.74, 6) is 0.670. The number of benzene rings is 2. The lowest BCUT2D eigenvalue weighted by Crippen LogP contribution is -2.36. The molecule has 148 valence electrons. The summed E-state index contributed by atoms with van der Waals surface area (Å²) in [7, 11) is 0. The zero-order chi connectivity index (χ0) is 20.1. The molecule has 1 aliphatic rings. The number of urea groups is 1. The van der Waals surface area contributed by atoms with Crippen molar-refractivity contribution in [3.8, 4) is 0 Å². The Morgan fingerprint density at radius 1 is 1.14 bits per heavy atom. The first-order valence-electron chi connectivity index (χ1n) is 9.37. The molecule has 0 atom stereocenters. The van der Waals surface area contributed by atoms with Crippen LogP contribution in [0.4, 0.5) is 21.9 Å². The number of halogens is 1. The fourth-order valence-corrected chi connectivity index (χ4v) is 2.97. The van der Waals surface area contributed by atoms with Crippen LogP contribution in [0.5, 0.6) is 0 Å². The topological polar surface area (TPSA) is 68.4 Å². The second kappa shape index (κ2) is 8.99. The molecular weight excluding hydrogens is 374 g/mol. The van der Waals surface area contributed by atoms with Gasteiger partial charge in [-0.05, 0) is 67.6 Å². The van der Waals surface area contributed by atoms with Gasteiger partial charge in [-0.3, -0.25) is 5.01 Å². The molecule has 0 unspecified atom stereocenters. The highest BCUT2D eigenvalue weighted by Gasteiger charge is 2.13. The quantitative estimate of drug-likeness (QED) is 0.525. The van der Waals surface area contributed by atoms with Crippen molar-refractivity contribution < 1.29 is 4.79 Å². The van der Waals surface area contributed by atoms with Gasteiger partial charge in [0.25, 0.3) is 0 Å². The van der Waals surface area contributed by atoms with Crippen molar-refractivity contribution in [1.82, 2.24) is 11.0 Å². The van der Waals surface area contributed by atoms with Crippen LogP contribution in [0.3, 0.4) is 0 Å². The lowest BCUT2D eigenvalue weighted by atomic mass is 10.1. The van der Waals surface area contributed by atoms with E-state index >= 15 is 0 Å². The fourth-order valence-electron chi connectivity index (χ4n) is 2.80. The maximum absolute atomic E-state index is 12.2. The van der Waals surface area contributed by atoms with Crippen molar-refractivity contribution in [3.05, 3.63) is 64.9 Å². The molecule has 0 saturated heterocycles. The number of allylic oxidation sites excluding steroid dienone is 1. The fraction of sp³-hybridized carbons (Fsp3) is 0.286. The molecule has 0 bridgehead atoms. The third-order valence-electron chi connectivity index (χ3n) is 4.53. The predicted molar refractivity (Wildman–Crippen MR) is 116 cm³/mol. The van der Waals surface area contributed by atoms with Gasteiger partial charge in [0.2, 0.25) is 0 Å². The first-order valence-corrected chi connectivity index (χ1v) is 9.75. The smallest absolute Gasteiger partial charge is 0.308 e. The highest BCUT2D eigenvalue weighted by molar-refractivity contribution is 6.31. The Kier molecular flexibility index (Phi) is 6.44. The molecule has 1 aliphatic heterocycles. The van der Waals surface area contributed by atoms with Gasteiger partial charge in [-0.15, -0.1) is 5.53 Å². The highest BCUT2D eigenvalue weighted by Crippen LogP contribution is 2.24. The highest BCUT2D eigenvalue weighted by atomic mass is 35.5. The van der Waals surface area contributed by atoms with Crippen molar-refractivity contribution in [3.63, 3.8) is 0 Å². The van der Waals surface area contributed by atoms with Crippen LogP contribution in [0.1, 0.15) is 32.3 Å². The van der Waals surface area contributed by atoms with Crippen molar-refractivity contribution in [1.29, 1.82) is 0 Å². The van der Waals surface area contributed by atoms with Gasteiger partial charge in [0.05, 0.1) is 5.69 Å². The van der Waals surface area contributed by atoms with E-state index in [1.807, 2.05) is 42.3 Å². The van der Waals surface area contributed by atoms with Crippen molar-refractivity contribution in [2.24, 2.45) is 5.92 Å². The molecule has 1 heterocycles. The average molecular weight is 400 g/mol. The average Bonchev–Trinajstić information content (AvgIpc) is 3.13. The monoisotopic (exact) mass is 399 g/mol. The van der Waals surface area contributed by atoms with Crippen molar-refractivity contribution >= 4 is 34.7 Å². The van der Waals surface area contributed by atoms with Gasteiger partial charge >= 0.3 is 6.03 Å². The van der Waals surface area contributed by atoms with E-state index in [2.05, 4.69) is 41.6 Å². The molecule has 0 aliphatic carbocycles. The second-order valence-electron chi connectivity index (χ2n) is 7.23. The number of anilines is 3. The standard InChI is InChI=1S/C21H26ClN5O/c1-14(2)7-8-17-13-27(26-25-17)18-11-9-16(10-12-18)23-21(28)24-20-6-4-5-19(22)15(20)3/h4-6,9-14,25-26H,7-8H2,1-3H3,(H2,23,24,28). The Morgan fingerprint density at radius 2 is 1.89 bits per heavy atom. The molecule has 3 rings (SSSR count). The molecule has 7 heteroatoms. The largest absolute Gasteiger partial charge is 0.323 e. The maximum atomic E-state index is 12.2. The number of hydrazine groups is 2. The second-order valence-corrected chi connectivity index (χ2v) is 7.64. The SMILES string of the molecule is Cc1c(Cl)cccc1NC(=O)Nc1ccc(N2C=C(CCC(C)C)NN2)cc1. The van der Waals surface area contributed by atoms with Gasteiger partial charge in [-0.2, -0.15) is 0 Å². The summed E-state index contributed by atoms with van der Waals surface area (Å²) >= 11 is 6.09. The molecule has 2 aromatic carbocycles. The maximum Gasteiger partial charge on any atom is 0.323 e. The van der Waals surface area contributed by atoms with Gasteiger partial charge in [0.1, 0.15) is 0 Å². The van der Waals surface area contributed by atoms with Crippen LogP contribution in [-0.2, 0) is 0 Å². The van der Waals surface area contributed by atoms with Gasteiger partial charge in [0.15, 0.2) is 0 Å². The third kappa shape index (κ3) is 5.18. The van der Waals surface area contributed by atoms with Crippen molar-refractivity contribution in [2.75, 3.05) is 15.6 Å². The molecule has 6 nitrogen and oxygen atoms in total. The zero-order valence-corrected chi connectivity index (χ0v) is 17.1. The number of carbonyl (C=O) groups excluding carboxylic acids is 1. The van der Waals surface area contributed by atoms with E-state index in [1.165, 1.54) is 0 Å². The van der Waals surface area contributed by atoms with Gasteiger partial charge in [-0.1, -0.05) is 31.5 Å². The van der Waals surface area contributed by atoms with E-state index in [4.69, 9.17) is 11.6 Å². The van der Waals surface area contributed by atoms with Crippen LogP contribution in [0.25, 0.3) is 0 Å². The minimum Gasteiger partial charge on any atom is -0.308 e. The first kappa shape index (κ1) is 20.0. The van der Waals surface area contributed by atoms with E-state index < -0.39 is 0 Å². The first-order chi connectivity index (χ1) is 13.4. The summed E-state index contributed by atoms with van der Waals surface area (Å²) < 4.78 is 0. The van der Waals surface area contributed by atoms with Gasteiger partial charge in [-0.25, -0.2) is 4.79 Å². The third-order valence-corrected chi connectivity index (χ3v) is 4.94. The van der Waals surface area contributed by atoms with Gasteiger partial charge in [0, 0.05) is 28.3 Å². The summed E-state index contributed by atoms with van der Waals surface area (Å²) in [4.78, 5) is 12.2. The van der Waals surface area contributed by atoms with Crippen LogP contribution in [-0.4, -0.2) is 6.03 Å². The van der Waals surface area contributed by atoms with E-state index in [1.54, 1.807) is 12.1 Å². The Labute approximate surface area is 170 Å². The van der Waals surface area contributed by atoms with Crippen molar-refractivity contribution in [2.45, 2.75) is 33.6 Å². The normalized spacial score (nSPS) is 13.3. The summed E-state index contributed by atoms with van der Waals surface area (Å²) in [5, 5.41) is 8.20. The van der Waals surface area contributed by atoms with E-state index in [0.29, 0.717) is 22.3 Å². The molecule has 0 saturated carbocycles. The summed E-state index contributed by atoms with van der Waals surface area (Å²) in [5.41, 5.74) is 10.7. The molecule has 0 radical (unpaired) electrons. The van der Waals surface area contributed by atoms with Crippen LogP contribution >= 0.6 is 11.6 Å². The van der Waals surface area contributed by atoms with Gasteiger partial charge < -0.3 is 16.1 Å². The Hall–Kier alpha value is -2.70. The Bertz CT molecular complexity index is 864. The van der Waals surface area contributed by atoms with Crippen LogP contribution in [0.15, 0.2) is 54.4 Å². The Balaban J connectivity index is 1.57. The molecule has 2 aromatic rings. The molecule has 0 aromatic heterocycles. The number of nitrogens with zero attached hydrogens (tertiary/aromatic N) is 1. The predicted octanol–water partition coefficient (Wildman–Crippen LogP) is 5.40. The van der Waals surface area contributed by atoms with E-state index in [9.17, 15) is 4.79 Å². The lowest BCUT2D eigenvalue weighted by molar-refractivity contribution is 0.262. The molecular formula is C21H26ClN5O. The van der Waals surface area contributed by atoms with Crippen LogP contribution in [0, 0.1) is 12.8 Å². The molecule has 0 fully saturated rings. The van der Waals surface area contributed by atoms with E-state index in [0.717, 1.165) is 29.8 Å². The summed E-state index contributed by atoms with van der Waals surface area (Å²) in [6, 6.07) is 12.7. The Morgan fingerprint density at radius 3 is 2.61 bits per heavy atom. The molecule has 2 amide bonds. The van der Waals surface area contributed by atoms with Crippen LogP contribution in [0.2, 0.25) is 5.02 Å². The number of rotatable bonds is 6. The molecule has 4 N–H and O–H groups in total. The molecule has 0 spiro atoms. The number of carbonyl (C=O) groups is 1. The molecule has 28 heavy (non-hydrogen) atoms. The number of hydrogen-bond acceptors (Lipinski definition) is 4.